The van der Waals surface area contributed by atoms with Crippen LogP contribution in [0.4, 0.5) is 0 Å². The number of halogens is 1. The van der Waals surface area contributed by atoms with Gasteiger partial charge in [0.1, 0.15) is 0 Å². The lowest BCUT2D eigenvalue weighted by Crippen LogP contribution is -2.04. The molecule has 0 aliphatic heterocycles. The second-order valence-electron chi connectivity index (χ2n) is 2.95. The Balaban J connectivity index is 2.57. The summed E-state index contributed by atoms with van der Waals surface area (Å²) in [6.07, 6.45) is 2.28. The van der Waals surface area contributed by atoms with E-state index in [1.165, 1.54) is 14.7 Å². The molecule has 1 aliphatic rings. The van der Waals surface area contributed by atoms with Gasteiger partial charge in [-0.05, 0) is 52.6 Å². The average Bonchev–Trinajstić information content (AvgIpc) is 2.35. The summed E-state index contributed by atoms with van der Waals surface area (Å²) in [5.74, 6) is 0. The van der Waals surface area contributed by atoms with Gasteiger partial charge in [-0.2, -0.15) is 0 Å². The molecule has 1 aromatic rings. The molecule has 0 saturated heterocycles. The minimum Gasteiger partial charge on any atom is -0.324 e. The van der Waals surface area contributed by atoms with Gasteiger partial charge in [0.05, 0.1) is 0 Å². The first-order valence-corrected chi connectivity index (χ1v) is 4.90. The van der Waals surface area contributed by atoms with Crippen molar-refractivity contribution in [1.29, 1.82) is 0 Å². The maximum absolute atomic E-state index is 5.91. The molecule has 0 aromatic heterocycles. The number of hydrogen-bond acceptors (Lipinski definition) is 1. The van der Waals surface area contributed by atoms with Crippen LogP contribution in [0.15, 0.2) is 18.2 Å². The highest BCUT2D eigenvalue weighted by molar-refractivity contribution is 14.1. The third-order valence-electron chi connectivity index (χ3n) is 2.26. The molecule has 0 unspecified atom stereocenters. The topological polar surface area (TPSA) is 26.0 Å². The van der Waals surface area contributed by atoms with Crippen LogP contribution in [0.3, 0.4) is 0 Å². The first-order valence-electron chi connectivity index (χ1n) is 3.82. The molecule has 1 aliphatic carbocycles. The number of benzene rings is 1. The molecule has 0 fully saturated rings. The summed E-state index contributed by atoms with van der Waals surface area (Å²) in [5, 5.41) is 0. The van der Waals surface area contributed by atoms with E-state index in [1.807, 2.05) is 0 Å². The van der Waals surface area contributed by atoms with Gasteiger partial charge in [0, 0.05) is 9.61 Å². The molecule has 1 atom stereocenters. The van der Waals surface area contributed by atoms with Crippen molar-refractivity contribution < 1.29 is 0 Å². The Morgan fingerprint density at radius 3 is 3.00 bits per heavy atom. The number of fused-ring (bicyclic) bond motifs is 1. The van der Waals surface area contributed by atoms with Crippen LogP contribution >= 0.6 is 22.6 Å². The highest BCUT2D eigenvalue weighted by atomic mass is 127. The van der Waals surface area contributed by atoms with E-state index >= 15 is 0 Å². The minimum absolute atomic E-state index is 0.291. The van der Waals surface area contributed by atoms with Crippen LogP contribution in [0.2, 0.25) is 0 Å². The quantitative estimate of drug-likeness (QED) is 0.710. The largest absolute Gasteiger partial charge is 0.324 e. The Kier molecular flexibility index (Phi) is 1.89. The van der Waals surface area contributed by atoms with Crippen LogP contribution in [-0.2, 0) is 6.42 Å². The van der Waals surface area contributed by atoms with Crippen LogP contribution in [0, 0.1) is 3.57 Å². The fourth-order valence-electron chi connectivity index (χ4n) is 1.64. The van der Waals surface area contributed by atoms with E-state index in [0.29, 0.717) is 6.04 Å². The molecular weight excluding hydrogens is 249 g/mol. The van der Waals surface area contributed by atoms with E-state index < -0.39 is 0 Å². The summed E-state index contributed by atoms with van der Waals surface area (Å²) >= 11 is 2.38. The van der Waals surface area contributed by atoms with Gasteiger partial charge in [-0.3, -0.25) is 0 Å². The van der Waals surface area contributed by atoms with Crippen molar-refractivity contribution in [3.8, 4) is 0 Å². The highest BCUT2D eigenvalue weighted by Gasteiger charge is 2.19. The van der Waals surface area contributed by atoms with E-state index in [-0.39, 0.29) is 0 Å². The third kappa shape index (κ3) is 1.18. The molecule has 2 heteroatoms. The van der Waals surface area contributed by atoms with Gasteiger partial charge in [0.25, 0.3) is 0 Å². The van der Waals surface area contributed by atoms with Crippen LogP contribution in [0.5, 0.6) is 0 Å². The molecule has 2 N–H and O–H groups in total. The van der Waals surface area contributed by atoms with Gasteiger partial charge in [-0.15, -0.1) is 0 Å². The van der Waals surface area contributed by atoms with Crippen molar-refractivity contribution >= 4 is 22.6 Å². The molecular formula is C9H10IN. The Morgan fingerprint density at radius 1 is 1.45 bits per heavy atom. The summed E-state index contributed by atoms with van der Waals surface area (Å²) in [5.41, 5.74) is 8.74. The fourth-order valence-corrected chi connectivity index (χ4v) is 2.43. The zero-order chi connectivity index (χ0) is 7.84. The highest BCUT2D eigenvalue weighted by Crippen LogP contribution is 2.31. The summed E-state index contributed by atoms with van der Waals surface area (Å²) < 4.78 is 1.37. The average molecular weight is 259 g/mol. The Morgan fingerprint density at radius 2 is 2.27 bits per heavy atom. The van der Waals surface area contributed by atoms with E-state index in [9.17, 15) is 0 Å². The van der Waals surface area contributed by atoms with Crippen molar-refractivity contribution in [3.05, 3.63) is 32.9 Å². The summed E-state index contributed by atoms with van der Waals surface area (Å²) in [6.45, 7) is 0. The van der Waals surface area contributed by atoms with Crippen LogP contribution < -0.4 is 5.73 Å². The van der Waals surface area contributed by atoms with Crippen molar-refractivity contribution in [2.24, 2.45) is 5.73 Å². The monoisotopic (exact) mass is 259 g/mol. The van der Waals surface area contributed by atoms with Crippen molar-refractivity contribution in [3.63, 3.8) is 0 Å². The standard InChI is InChI=1S/C9H10IN/c10-8-3-1-2-7-6(8)4-5-9(7)11/h1-3,9H,4-5,11H2/t9-/m1/s1. The van der Waals surface area contributed by atoms with Gasteiger partial charge in [-0.25, -0.2) is 0 Å². The van der Waals surface area contributed by atoms with Gasteiger partial charge in [0.2, 0.25) is 0 Å². The minimum atomic E-state index is 0.291. The molecule has 0 radical (unpaired) electrons. The maximum Gasteiger partial charge on any atom is 0.0301 e. The van der Waals surface area contributed by atoms with E-state index in [4.69, 9.17) is 5.73 Å². The smallest absolute Gasteiger partial charge is 0.0301 e. The Bertz CT molecular complexity index is 283. The molecule has 2 rings (SSSR count). The first kappa shape index (κ1) is 7.55. The van der Waals surface area contributed by atoms with Gasteiger partial charge < -0.3 is 5.73 Å². The fraction of sp³-hybridized carbons (Fsp3) is 0.333. The first-order chi connectivity index (χ1) is 5.29. The van der Waals surface area contributed by atoms with E-state index in [0.717, 1.165) is 12.8 Å². The second kappa shape index (κ2) is 2.75. The zero-order valence-electron chi connectivity index (χ0n) is 6.18. The molecule has 0 heterocycles. The zero-order valence-corrected chi connectivity index (χ0v) is 8.34. The maximum atomic E-state index is 5.91. The van der Waals surface area contributed by atoms with Crippen molar-refractivity contribution in [2.45, 2.75) is 18.9 Å². The van der Waals surface area contributed by atoms with Crippen molar-refractivity contribution in [2.75, 3.05) is 0 Å². The normalized spacial score (nSPS) is 21.8. The van der Waals surface area contributed by atoms with Crippen LogP contribution in [0.25, 0.3) is 0 Å². The van der Waals surface area contributed by atoms with Crippen LogP contribution in [0.1, 0.15) is 23.6 Å². The number of rotatable bonds is 0. The lowest BCUT2D eigenvalue weighted by Gasteiger charge is -2.04. The molecule has 0 saturated carbocycles. The SMILES string of the molecule is N[C@@H]1CCc2c(I)cccc21. The summed E-state index contributed by atoms with van der Waals surface area (Å²) in [6, 6.07) is 6.68. The molecule has 58 valence electrons. The molecule has 0 bridgehead atoms. The van der Waals surface area contributed by atoms with Gasteiger partial charge in [0.15, 0.2) is 0 Å². The summed E-state index contributed by atoms with van der Waals surface area (Å²) in [7, 11) is 0. The second-order valence-corrected chi connectivity index (χ2v) is 4.11. The third-order valence-corrected chi connectivity index (χ3v) is 3.27. The van der Waals surface area contributed by atoms with Crippen LogP contribution in [-0.4, -0.2) is 0 Å². The Labute approximate surface area is 80.1 Å². The van der Waals surface area contributed by atoms with E-state index in [1.54, 1.807) is 0 Å². The number of nitrogens with two attached hydrogens (primary N) is 1. The molecule has 1 nitrogen and oxygen atoms in total. The number of hydrogen-bond donors (Lipinski definition) is 1. The molecule has 0 spiro atoms. The predicted octanol–water partition coefficient (Wildman–Crippen LogP) is 2.24. The van der Waals surface area contributed by atoms with Crippen molar-refractivity contribution in [1.82, 2.24) is 0 Å². The van der Waals surface area contributed by atoms with Gasteiger partial charge in [-0.1, -0.05) is 12.1 Å². The summed E-state index contributed by atoms with van der Waals surface area (Å²) in [4.78, 5) is 0. The molecule has 1 aromatic carbocycles. The van der Waals surface area contributed by atoms with E-state index in [2.05, 4.69) is 40.8 Å². The lowest BCUT2D eigenvalue weighted by atomic mass is 10.1. The molecule has 11 heavy (non-hydrogen) atoms. The predicted molar refractivity (Wildman–Crippen MR) is 54.4 cm³/mol. The molecule has 0 amide bonds. The van der Waals surface area contributed by atoms with Gasteiger partial charge >= 0.3 is 0 Å². The lowest BCUT2D eigenvalue weighted by molar-refractivity contribution is 0.713. The Hall–Kier alpha value is -0.0900.